The molecule has 0 spiro atoms. The zero-order valence-electron chi connectivity index (χ0n) is 11.9. The van der Waals surface area contributed by atoms with E-state index in [-0.39, 0.29) is 6.04 Å². The maximum absolute atomic E-state index is 8.82. The number of oxazole rings is 1. The van der Waals surface area contributed by atoms with Crippen LogP contribution in [0.15, 0.2) is 46.9 Å². The van der Waals surface area contributed by atoms with E-state index in [1.807, 2.05) is 49.4 Å². The zero-order chi connectivity index (χ0) is 14.8. The van der Waals surface area contributed by atoms with Crippen LogP contribution in [0, 0.1) is 18.3 Å². The highest BCUT2D eigenvalue weighted by atomic mass is 16.3. The summed E-state index contributed by atoms with van der Waals surface area (Å²) in [6, 6.07) is 15.7. The molecular formula is C17H15N3O. The number of aryl methyl sites for hydroxylation is 1. The third-order valence-electron chi connectivity index (χ3n) is 3.42. The van der Waals surface area contributed by atoms with E-state index in [2.05, 4.69) is 23.3 Å². The van der Waals surface area contributed by atoms with Crippen molar-refractivity contribution in [1.29, 1.82) is 5.26 Å². The van der Waals surface area contributed by atoms with Gasteiger partial charge in [-0.15, -0.1) is 0 Å². The van der Waals surface area contributed by atoms with Crippen LogP contribution in [0.2, 0.25) is 0 Å². The van der Waals surface area contributed by atoms with E-state index in [0.29, 0.717) is 11.5 Å². The molecule has 1 aromatic heterocycles. The highest BCUT2D eigenvalue weighted by Gasteiger charge is 2.08. The molecule has 0 radical (unpaired) electrons. The second-order valence-corrected chi connectivity index (χ2v) is 5.02. The average molecular weight is 277 g/mol. The van der Waals surface area contributed by atoms with Crippen molar-refractivity contribution in [3.63, 3.8) is 0 Å². The number of nitriles is 1. The second-order valence-electron chi connectivity index (χ2n) is 5.02. The third-order valence-corrected chi connectivity index (χ3v) is 3.42. The van der Waals surface area contributed by atoms with Gasteiger partial charge in [0, 0.05) is 18.7 Å². The quantitative estimate of drug-likeness (QED) is 0.780. The maximum Gasteiger partial charge on any atom is 0.192 e. The Morgan fingerprint density at radius 1 is 1.19 bits per heavy atom. The van der Waals surface area contributed by atoms with E-state index >= 15 is 0 Å². The first-order valence-corrected chi connectivity index (χ1v) is 6.79. The number of benzene rings is 2. The van der Waals surface area contributed by atoms with Gasteiger partial charge >= 0.3 is 0 Å². The summed E-state index contributed by atoms with van der Waals surface area (Å²) in [6.45, 7) is 3.92. The molecule has 2 aromatic carbocycles. The molecule has 3 aromatic rings. The minimum atomic E-state index is 0.142. The number of fused-ring (bicyclic) bond motifs is 1. The summed E-state index contributed by atoms with van der Waals surface area (Å²) < 4.78 is 5.47. The van der Waals surface area contributed by atoms with Crippen molar-refractivity contribution in [2.45, 2.75) is 19.9 Å². The van der Waals surface area contributed by atoms with Gasteiger partial charge in [0.25, 0.3) is 0 Å². The molecule has 0 aliphatic heterocycles. The monoisotopic (exact) mass is 277 g/mol. The fraction of sp³-hybridized carbons (Fsp3) is 0.176. The number of aromatic nitrogens is 1. The van der Waals surface area contributed by atoms with Gasteiger partial charge in [-0.1, -0.05) is 12.1 Å². The highest BCUT2D eigenvalue weighted by Crippen LogP contribution is 2.23. The molecule has 104 valence electrons. The smallest absolute Gasteiger partial charge is 0.192 e. The van der Waals surface area contributed by atoms with Gasteiger partial charge in [-0.3, -0.25) is 0 Å². The molecule has 3 rings (SSSR count). The Kier molecular flexibility index (Phi) is 3.33. The van der Waals surface area contributed by atoms with Crippen molar-refractivity contribution in [2.75, 3.05) is 5.32 Å². The lowest BCUT2D eigenvalue weighted by Gasteiger charge is -2.15. The summed E-state index contributed by atoms with van der Waals surface area (Å²) in [6.07, 6.45) is 0. The Hall–Kier alpha value is -2.80. The Morgan fingerprint density at radius 2 is 1.95 bits per heavy atom. The molecule has 1 atom stereocenters. The average Bonchev–Trinajstić information content (AvgIpc) is 2.86. The van der Waals surface area contributed by atoms with E-state index in [0.717, 1.165) is 22.4 Å². The molecule has 0 saturated heterocycles. The lowest BCUT2D eigenvalue weighted by atomic mass is 10.1. The van der Waals surface area contributed by atoms with Crippen LogP contribution >= 0.6 is 0 Å². The SMILES string of the molecule is Cc1nc2cc(NC(C)c3ccc(C#N)cc3)ccc2o1. The van der Waals surface area contributed by atoms with Gasteiger partial charge in [0.05, 0.1) is 11.6 Å². The summed E-state index contributed by atoms with van der Waals surface area (Å²) in [5.74, 6) is 0.669. The largest absolute Gasteiger partial charge is 0.441 e. The number of nitrogens with zero attached hydrogens (tertiary/aromatic N) is 2. The van der Waals surface area contributed by atoms with Crippen molar-refractivity contribution in [3.05, 3.63) is 59.5 Å². The van der Waals surface area contributed by atoms with Crippen molar-refractivity contribution in [3.8, 4) is 6.07 Å². The first-order valence-electron chi connectivity index (χ1n) is 6.79. The van der Waals surface area contributed by atoms with E-state index in [9.17, 15) is 0 Å². The van der Waals surface area contributed by atoms with E-state index in [1.165, 1.54) is 0 Å². The van der Waals surface area contributed by atoms with Crippen molar-refractivity contribution >= 4 is 16.8 Å². The molecule has 0 bridgehead atoms. The second kappa shape index (κ2) is 5.29. The first kappa shape index (κ1) is 13.2. The molecule has 4 nitrogen and oxygen atoms in total. The van der Waals surface area contributed by atoms with Crippen LogP contribution in [-0.2, 0) is 0 Å². The number of rotatable bonds is 3. The van der Waals surface area contributed by atoms with Gasteiger partial charge in [-0.05, 0) is 42.8 Å². The number of hydrogen-bond donors (Lipinski definition) is 1. The lowest BCUT2D eigenvalue weighted by molar-refractivity contribution is 0.561. The van der Waals surface area contributed by atoms with Crippen LogP contribution in [0.3, 0.4) is 0 Å². The summed E-state index contributed by atoms with van der Waals surface area (Å²) in [4.78, 5) is 4.33. The minimum Gasteiger partial charge on any atom is -0.441 e. The molecule has 1 N–H and O–H groups in total. The van der Waals surface area contributed by atoms with Gasteiger partial charge in [0.2, 0.25) is 0 Å². The molecular weight excluding hydrogens is 262 g/mol. The van der Waals surface area contributed by atoms with E-state index in [1.54, 1.807) is 0 Å². The van der Waals surface area contributed by atoms with Crippen molar-refractivity contribution < 1.29 is 4.42 Å². The van der Waals surface area contributed by atoms with Crippen LogP contribution in [-0.4, -0.2) is 4.98 Å². The summed E-state index contributed by atoms with van der Waals surface area (Å²) in [7, 11) is 0. The predicted molar refractivity (Wildman–Crippen MR) is 81.9 cm³/mol. The molecule has 1 heterocycles. The summed E-state index contributed by atoms with van der Waals surface area (Å²) in [5, 5.41) is 12.3. The van der Waals surface area contributed by atoms with Crippen LogP contribution in [0.25, 0.3) is 11.1 Å². The number of hydrogen-bond acceptors (Lipinski definition) is 4. The fourth-order valence-electron chi connectivity index (χ4n) is 2.31. The van der Waals surface area contributed by atoms with Crippen LogP contribution in [0.5, 0.6) is 0 Å². The Bertz CT molecular complexity index is 812. The van der Waals surface area contributed by atoms with Gasteiger partial charge in [-0.25, -0.2) is 4.98 Å². The van der Waals surface area contributed by atoms with Crippen LogP contribution in [0.1, 0.15) is 30.0 Å². The van der Waals surface area contributed by atoms with Crippen LogP contribution in [0.4, 0.5) is 5.69 Å². The molecule has 0 amide bonds. The fourth-order valence-corrected chi connectivity index (χ4v) is 2.31. The summed E-state index contributed by atoms with van der Waals surface area (Å²) in [5.41, 5.74) is 4.44. The highest BCUT2D eigenvalue weighted by molar-refractivity contribution is 5.77. The normalized spacial score (nSPS) is 12.0. The minimum absolute atomic E-state index is 0.142. The van der Waals surface area contributed by atoms with Crippen molar-refractivity contribution in [2.24, 2.45) is 0 Å². The van der Waals surface area contributed by atoms with E-state index in [4.69, 9.17) is 9.68 Å². The van der Waals surface area contributed by atoms with Gasteiger partial charge < -0.3 is 9.73 Å². The Morgan fingerprint density at radius 3 is 2.67 bits per heavy atom. The van der Waals surface area contributed by atoms with Crippen molar-refractivity contribution in [1.82, 2.24) is 4.98 Å². The Labute approximate surface area is 123 Å². The predicted octanol–water partition coefficient (Wildman–Crippen LogP) is 4.18. The third kappa shape index (κ3) is 2.72. The summed E-state index contributed by atoms with van der Waals surface area (Å²) >= 11 is 0. The standard InChI is InChI=1S/C17H15N3O/c1-11(14-5-3-13(10-18)4-6-14)19-15-7-8-17-16(9-15)20-12(2)21-17/h3-9,11,19H,1-2H3. The number of nitrogens with one attached hydrogen (secondary N) is 1. The zero-order valence-corrected chi connectivity index (χ0v) is 11.9. The first-order chi connectivity index (χ1) is 10.2. The molecule has 0 fully saturated rings. The van der Waals surface area contributed by atoms with Gasteiger partial charge in [-0.2, -0.15) is 5.26 Å². The maximum atomic E-state index is 8.82. The van der Waals surface area contributed by atoms with Crippen LogP contribution < -0.4 is 5.32 Å². The number of anilines is 1. The molecule has 1 unspecified atom stereocenters. The Balaban J connectivity index is 1.81. The van der Waals surface area contributed by atoms with E-state index < -0.39 is 0 Å². The topological polar surface area (TPSA) is 61.9 Å². The molecule has 0 saturated carbocycles. The van der Waals surface area contributed by atoms with Gasteiger partial charge in [0.15, 0.2) is 11.5 Å². The molecule has 21 heavy (non-hydrogen) atoms. The molecule has 0 aliphatic rings. The molecule has 4 heteroatoms. The lowest BCUT2D eigenvalue weighted by Crippen LogP contribution is -2.06. The van der Waals surface area contributed by atoms with Gasteiger partial charge in [0.1, 0.15) is 5.52 Å². The molecule has 0 aliphatic carbocycles.